The van der Waals surface area contributed by atoms with Gasteiger partial charge in [-0.05, 0) is 25.8 Å². The lowest BCUT2D eigenvalue weighted by molar-refractivity contribution is -0.142. The summed E-state index contributed by atoms with van der Waals surface area (Å²) >= 11 is 0. The Morgan fingerprint density at radius 1 is 1.00 bits per heavy atom. The molecule has 2 saturated heterocycles. The molecule has 4 rings (SSSR count). The largest absolute Gasteiger partial charge is 0.363 e. The zero-order chi connectivity index (χ0) is 21.1. The van der Waals surface area contributed by atoms with Crippen LogP contribution in [0.3, 0.4) is 0 Å². The Bertz CT molecular complexity index is 868. The molecule has 2 fully saturated rings. The number of amides is 1. The van der Waals surface area contributed by atoms with Gasteiger partial charge in [-0.15, -0.1) is 0 Å². The lowest BCUT2D eigenvalue weighted by Gasteiger charge is -2.44. The third kappa shape index (κ3) is 4.15. The predicted octanol–water partition coefficient (Wildman–Crippen LogP) is 1.29. The third-order valence-electron chi connectivity index (χ3n) is 6.04. The van der Waals surface area contributed by atoms with E-state index in [1.165, 1.54) is 0 Å². The molecule has 0 saturated carbocycles. The van der Waals surface area contributed by atoms with Crippen molar-refractivity contribution in [2.24, 2.45) is 5.41 Å². The van der Waals surface area contributed by atoms with Gasteiger partial charge >= 0.3 is 0 Å². The molecule has 1 amide bonds. The van der Waals surface area contributed by atoms with Crippen molar-refractivity contribution in [3.63, 3.8) is 0 Å². The predicted molar refractivity (Wildman–Crippen MR) is 117 cm³/mol. The van der Waals surface area contributed by atoms with Crippen LogP contribution in [0, 0.1) is 5.41 Å². The molecule has 0 unspecified atom stereocenters. The Labute approximate surface area is 177 Å². The fourth-order valence-electron chi connectivity index (χ4n) is 4.31. The van der Waals surface area contributed by atoms with Crippen molar-refractivity contribution in [3.8, 4) is 0 Å². The lowest BCUT2D eigenvalue weighted by Crippen LogP contribution is -2.56. The van der Waals surface area contributed by atoms with Gasteiger partial charge in [-0.1, -0.05) is 0 Å². The molecule has 2 aromatic rings. The number of piperazine rings is 1. The number of hydrogen-bond donors (Lipinski definition) is 0. The van der Waals surface area contributed by atoms with Crippen LogP contribution < -0.4 is 14.7 Å². The van der Waals surface area contributed by atoms with Gasteiger partial charge in [0.15, 0.2) is 0 Å². The van der Waals surface area contributed by atoms with E-state index in [4.69, 9.17) is 0 Å². The lowest BCUT2D eigenvalue weighted by atomic mass is 9.80. The quantitative estimate of drug-likeness (QED) is 0.746. The van der Waals surface area contributed by atoms with Gasteiger partial charge in [0.1, 0.15) is 18.0 Å². The van der Waals surface area contributed by atoms with E-state index < -0.39 is 5.41 Å². The van der Waals surface area contributed by atoms with E-state index in [0.29, 0.717) is 19.6 Å². The van der Waals surface area contributed by atoms with Crippen molar-refractivity contribution in [2.45, 2.75) is 19.8 Å². The average Bonchev–Trinajstić information content (AvgIpc) is 2.79. The summed E-state index contributed by atoms with van der Waals surface area (Å²) in [5.74, 6) is 2.74. The summed E-state index contributed by atoms with van der Waals surface area (Å²) in [7, 11) is 3.94. The number of carbonyl (C=O) groups excluding carboxylic acids is 1. The first-order valence-electron chi connectivity index (χ1n) is 10.5. The van der Waals surface area contributed by atoms with E-state index in [2.05, 4.69) is 36.7 Å². The van der Waals surface area contributed by atoms with Crippen LogP contribution in [-0.4, -0.2) is 84.1 Å². The maximum absolute atomic E-state index is 13.5. The van der Waals surface area contributed by atoms with Crippen molar-refractivity contribution in [2.75, 3.05) is 68.1 Å². The van der Waals surface area contributed by atoms with Gasteiger partial charge in [-0.25, -0.2) is 19.9 Å². The Morgan fingerprint density at radius 2 is 1.73 bits per heavy atom. The van der Waals surface area contributed by atoms with Crippen LogP contribution >= 0.6 is 0 Å². The molecule has 4 heterocycles. The molecule has 0 spiro atoms. The summed E-state index contributed by atoms with van der Waals surface area (Å²) in [5, 5.41) is 0. The normalized spacial score (nSPS) is 22.2. The molecule has 0 aromatic carbocycles. The van der Waals surface area contributed by atoms with Gasteiger partial charge in [-0.2, -0.15) is 0 Å². The minimum Gasteiger partial charge on any atom is -0.363 e. The number of aromatic nitrogens is 4. The Kier molecular flexibility index (Phi) is 5.69. The number of rotatable bonds is 4. The van der Waals surface area contributed by atoms with Gasteiger partial charge < -0.3 is 19.6 Å². The highest BCUT2D eigenvalue weighted by atomic mass is 16.2. The highest BCUT2D eigenvalue weighted by Crippen LogP contribution is 2.34. The molecule has 0 radical (unpaired) electrons. The Balaban J connectivity index is 1.42. The molecule has 30 heavy (non-hydrogen) atoms. The summed E-state index contributed by atoms with van der Waals surface area (Å²) in [6.07, 6.45) is 6.99. The standard InChI is InChI=1S/C21H30N8O/c1-21(6-4-9-29(15-21)18-14-17(26(2)3)24-16-25-18)19(30)27-10-12-28(13-11-27)20-22-7-5-8-23-20/h5,7-8,14,16H,4,6,9-13,15H2,1-3H3/t21-/m0/s1. The second-order valence-corrected chi connectivity index (χ2v) is 8.54. The fraction of sp³-hybridized carbons (Fsp3) is 0.571. The molecule has 2 aliphatic rings. The second kappa shape index (κ2) is 8.41. The first-order valence-corrected chi connectivity index (χ1v) is 10.5. The van der Waals surface area contributed by atoms with Gasteiger partial charge in [0.2, 0.25) is 11.9 Å². The van der Waals surface area contributed by atoms with Gasteiger partial charge in [-0.3, -0.25) is 4.79 Å². The SMILES string of the molecule is CN(C)c1cc(N2CCC[C@](C)(C(=O)N3CCN(c4ncccn4)CC3)C2)ncn1. The van der Waals surface area contributed by atoms with Crippen molar-refractivity contribution >= 4 is 23.5 Å². The van der Waals surface area contributed by atoms with E-state index in [1.807, 2.05) is 36.0 Å². The van der Waals surface area contributed by atoms with Crippen LogP contribution in [0.15, 0.2) is 30.9 Å². The van der Waals surface area contributed by atoms with Crippen molar-refractivity contribution < 1.29 is 4.79 Å². The van der Waals surface area contributed by atoms with E-state index in [1.54, 1.807) is 18.7 Å². The van der Waals surface area contributed by atoms with Crippen molar-refractivity contribution in [1.82, 2.24) is 24.8 Å². The van der Waals surface area contributed by atoms with Crippen LogP contribution in [-0.2, 0) is 4.79 Å². The fourth-order valence-corrected chi connectivity index (χ4v) is 4.31. The van der Waals surface area contributed by atoms with E-state index in [9.17, 15) is 4.79 Å². The first-order chi connectivity index (χ1) is 14.5. The summed E-state index contributed by atoms with van der Waals surface area (Å²) in [6, 6.07) is 3.81. The second-order valence-electron chi connectivity index (χ2n) is 8.54. The molecular formula is C21H30N8O. The molecule has 0 aliphatic carbocycles. The summed E-state index contributed by atoms with van der Waals surface area (Å²) in [6.45, 7) is 6.60. The van der Waals surface area contributed by atoms with Crippen molar-refractivity contribution in [3.05, 3.63) is 30.9 Å². The molecule has 9 heteroatoms. The molecule has 0 bridgehead atoms. The van der Waals surface area contributed by atoms with Gasteiger partial charge in [0, 0.05) is 71.8 Å². The summed E-state index contributed by atoms with van der Waals surface area (Å²) in [5.41, 5.74) is -0.410. The molecule has 0 N–H and O–H groups in total. The van der Waals surface area contributed by atoms with Crippen LogP contribution in [0.25, 0.3) is 0 Å². The maximum atomic E-state index is 13.5. The zero-order valence-electron chi connectivity index (χ0n) is 18.0. The molecule has 9 nitrogen and oxygen atoms in total. The minimum absolute atomic E-state index is 0.239. The van der Waals surface area contributed by atoms with Crippen LogP contribution in [0.1, 0.15) is 19.8 Å². The van der Waals surface area contributed by atoms with Gasteiger partial charge in [0.25, 0.3) is 0 Å². The molecular weight excluding hydrogens is 380 g/mol. The number of piperidine rings is 1. The Hall–Kier alpha value is -2.97. The highest BCUT2D eigenvalue weighted by Gasteiger charge is 2.41. The zero-order valence-corrected chi connectivity index (χ0v) is 18.0. The monoisotopic (exact) mass is 410 g/mol. The summed E-state index contributed by atoms with van der Waals surface area (Å²) < 4.78 is 0. The van der Waals surface area contributed by atoms with Crippen LogP contribution in [0.2, 0.25) is 0 Å². The molecule has 1 atom stereocenters. The smallest absolute Gasteiger partial charge is 0.230 e. The number of nitrogens with zero attached hydrogens (tertiary/aromatic N) is 8. The Morgan fingerprint density at radius 3 is 2.43 bits per heavy atom. The highest BCUT2D eigenvalue weighted by molar-refractivity contribution is 5.83. The molecule has 160 valence electrons. The average molecular weight is 411 g/mol. The first kappa shape index (κ1) is 20.3. The number of anilines is 3. The summed E-state index contributed by atoms with van der Waals surface area (Å²) in [4.78, 5) is 39.3. The topological polar surface area (TPSA) is 81.6 Å². The number of carbonyl (C=O) groups is 1. The molecule has 2 aliphatic heterocycles. The van der Waals surface area contributed by atoms with E-state index in [0.717, 1.165) is 50.1 Å². The van der Waals surface area contributed by atoms with E-state index in [-0.39, 0.29) is 5.91 Å². The maximum Gasteiger partial charge on any atom is 0.230 e. The van der Waals surface area contributed by atoms with Gasteiger partial charge in [0.05, 0.1) is 5.41 Å². The van der Waals surface area contributed by atoms with Crippen molar-refractivity contribution in [1.29, 1.82) is 0 Å². The van der Waals surface area contributed by atoms with E-state index >= 15 is 0 Å². The number of hydrogen-bond acceptors (Lipinski definition) is 8. The minimum atomic E-state index is -0.410. The molecule has 2 aromatic heterocycles. The van der Waals surface area contributed by atoms with Crippen LogP contribution in [0.4, 0.5) is 17.6 Å². The third-order valence-corrected chi connectivity index (χ3v) is 6.04. The van der Waals surface area contributed by atoms with Crippen LogP contribution in [0.5, 0.6) is 0 Å².